The highest BCUT2D eigenvalue weighted by Crippen LogP contribution is 2.07. The molecule has 0 fully saturated rings. The molecule has 2 aromatic rings. The second kappa shape index (κ2) is 12.0. The Morgan fingerprint density at radius 3 is 2.00 bits per heavy atom. The van der Waals surface area contributed by atoms with Crippen LogP contribution in [-0.4, -0.2) is 30.6 Å². The molecule has 0 aliphatic carbocycles. The summed E-state index contributed by atoms with van der Waals surface area (Å²) >= 11 is 0. The summed E-state index contributed by atoms with van der Waals surface area (Å²) in [7, 11) is 0. The van der Waals surface area contributed by atoms with Crippen molar-refractivity contribution < 1.29 is 19.1 Å². The number of esters is 1. The van der Waals surface area contributed by atoms with Crippen molar-refractivity contribution in [3.8, 4) is 0 Å². The van der Waals surface area contributed by atoms with Crippen molar-refractivity contribution in [2.45, 2.75) is 32.1 Å². The Kier molecular flexibility index (Phi) is 9.01. The maximum absolute atomic E-state index is 12.5. The van der Waals surface area contributed by atoms with E-state index in [-0.39, 0.29) is 19.2 Å². The van der Waals surface area contributed by atoms with Crippen LogP contribution in [0.2, 0.25) is 0 Å². The third-order valence-electron chi connectivity index (χ3n) is 3.96. The Hall–Kier alpha value is -3.55. The molecule has 8 heteroatoms. The van der Waals surface area contributed by atoms with Crippen molar-refractivity contribution >= 4 is 18.0 Å². The maximum Gasteiger partial charge on any atom is 0.408 e. The lowest BCUT2D eigenvalue weighted by atomic mass is 10.1. The van der Waals surface area contributed by atoms with Crippen molar-refractivity contribution in [3.05, 3.63) is 71.8 Å². The number of nitrogens with two attached hydrogens (primary N) is 2. The van der Waals surface area contributed by atoms with E-state index in [1.165, 1.54) is 0 Å². The van der Waals surface area contributed by atoms with E-state index < -0.39 is 18.1 Å². The smallest absolute Gasteiger partial charge is 0.408 e. The van der Waals surface area contributed by atoms with Gasteiger partial charge in [0.25, 0.3) is 0 Å². The first-order valence-corrected chi connectivity index (χ1v) is 9.28. The molecule has 1 amide bonds. The van der Waals surface area contributed by atoms with Crippen LogP contribution in [0.1, 0.15) is 24.0 Å². The highest BCUT2D eigenvalue weighted by molar-refractivity contribution is 5.81. The van der Waals surface area contributed by atoms with Crippen LogP contribution in [0.25, 0.3) is 0 Å². The van der Waals surface area contributed by atoms with Crippen molar-refractivity contribution in [2.75, 3.05) is 6.54 Å². The van der Waals surface area contributed by atoms with Crippen LogP contribution in [0.3, 0.4) is 0 Å². The molecule has 2 rings (SSSR count). The molecule has 1 atom stereocenters. The summed E-state index contributed by atoms with van der Waals surface area (Å²) in [6.07, 6.45) is 0.102. The first kappa shape index (κ1) is 21.7. The standard InChI is InChI=1S/C21H26N4O4/c22-20(23)24-13-7-12-18(19(26)28-14-16-8-3-1-4-9-16)25-21(27)29-15-17-10-5-2-6-11-17/h1-6,8-11,18H,7,12-15H2,(H,25,27)(H4,22,23,24). The van der Waals surface area contributed by atoms with Crippen molar-refractivity contribution in [3.63, 3.8) is 0 Å². The number of guanidine groups is 1. The molecule has 0 saturated carbocycles. The molecule has 0 aliphatic rings. The average molecular weight is 398 g/mol. The van der Waals surface area contributed by atoms with Gasteiger partial charge in [0.05, 0.1) is 0 Å². The van der Waals surface area contributed by atoms with Gasteiger partial charge in [-0.15, -0.1) is 0 Å². The van der Waals surface area contributed by atoms with E-state index in [4.69, 9.17) is 20.9 Å². The minimum Gasteiger partial charge on any atom is -0.459 e. The van der Waals surface area contributed by atoms with Gasteiger partial charge in [-0.3, -0.25) is 4.99 Å². The summed E-state index contributed by atoms with van der Waals surface area (Å²) in [6, 6.07) is 17.7. The summed E-state index contributed by atoms with van der Waals surface area (Å²) in [5.41, 5.74) is 12.3. The number of hydrogen-bond acceptors (Lipinski definition) is 5. The van der Waals surface area contributed by atoms with Gasteiger partial charge in [-0.2, -0.15) is 0 Å². The molecule has 0 aliphatic heterocycles. The fourth-order valence-corrected chi connectivity index (χ4v) is 2.49. The van der Waals surface area contributed by atoms with Crippen molar-refractivity contribution in [1.82, 2.24) is 5.32 Å². The zero-order valence-corrected chi connectivity index (χ0v) is 16.1. The molecule has 0 bridgehead atoms. The van der Waals surface area contributed by atoms with Gasteiger partial charge >= 0.3 is 12.1 Å². The fraction of sp³-hybridized carbons (Fsp3) is 0.286. The lowest BCUT2D eigenvalue weighted by molar-refractivity contribution is -0.147. The van der Waals surface area contributed by atoms with Crippen LogP contribution in [0.4, 0.5) is 4.79 Å². The van der Waals surface area contributed by atoms with E-state index in [2.05, 4.69) is 10.3 Å². The lowest BCUT2D eigenvalue weighted by Crippen LogP contribution is -2.42. The average Bonchev–Trinajstić information content (AvgIpc) is 2.74. The van der Waals surface area contributed by atoms with Gasteiger partial charge in [0, 0.05) is 6.54 Å². The Labute approximate surface area is 169 Å². The van der Waals surface area contributed by atoms with E-state index >= 15 is 0 Å². The van der Waals surface area contributed by atoms with Gasteiger partial charge in [-0.05, 0) is 24.0 Å². The van der Waals surface area contributed by atoms with Gasteiger partial charge in [-0.1, -0.05) is 60.7 Å². The number of amides is 1. The number of ether oxygens (including phenoxy) is 2. The van der Waals surface area contributed by atoms with Crippen LogP contribution in [-0.2, 0) is 27.5 Å². The summed E-state index contributed by atoms with van der Waals surface area (Å²) < 4.78 is 10.5. The number of alkyl carbamates (subject to hydrolysis) is 1. The normalized spacial score (nSPS) is 11.2. The molecule has 0 saturated heterocycles. The Balaban J connectivity index is 1.88. The minimum absolute atomic E-state index is 0.0246. The first-order valence-electron chi connectivity index (χ1n) is 9.28. The molecule has 0 radical (unpaired) electrons. The Bertz CT molecular complexity index is 793. The molecule has 8 nitrogen and oxygen atoms in total. The third-order valence-corrected chi connectivity index (χ3v) is 3.96. The fourth-order valence-electron chi connectivity index (χ4n) is 2.49. The molecule has 29 heavy (non-hydrogen) atoms. The molecule has 0 heterocycles. The van der Waals surface area contributed by atoms with Gasteiger partial charge in [0.1, 0.15) is 19.3 Å². The number of nitrogens with one attached hydrogen (secondary N) is 1. The largest absolute Gasteiger partial charge is 0.459 e. The zero-order valence-electron chi connectivity index (χ0n) is 16.1. The second-order valence-electron chi connectivity index (χ2n) is 6.30. The number of carbonyl (C=O) groups is 2. The third kappa shape index (κ3) is 8.79. The van der Waals surface area contributed by atoms with Gasteiger partial charge in [-0.25, -0.2) is 9.59 Å². The van der Waals surface area contributed by atoms with Gasteiger partial charge in [0.15, 0.2) is 5.96 Å². The molecular formula is C21H26N4O4. The molecule has 1 unspecified atom stereocenters. The molecule has 5 N–H and O–H groups in total. The number of aliphatic imine (C=N–C) groups is 1. The van der Waals surface area contributed by atoms with E-state index in [0.29, 0.717) is 19.4 Å². The molecule has 0 spiro atoms. The second-order valence-corrected chi connectivity index (χ2v) is 6.30. The minimum atomic E-state index is -0.865. The summed E-state index contributed by atoms with van der Waals surface area (Å²) in [6.45, 7) is 0.558. The zero-order chi connectivity index (χ0) is 20.9. The van der Waals surface area contributed by atoms with E-state index in [0.717, 1.165) is 11.1 Å². The molecule has 154 valence electrons. The van der Waals surface area contributed by atoms with Gasteiger partial charge < -0.3 is 26.3 Å². The summed E-state index contributed by atoms with van der Waals surface area (Å²) in [5.74, 6) is -0.571. The number of nitrogens with zero attached hydrogens (tertiary/aromatic N) is 1. The SMILES string of the molecule is NC(N)=NCCCC(NC(=O)OCc1ccccc1)C(=O)OCc1ccccc1. The highest BCUT2D eigenvalue weighted by atomic mass is 16.6. The quantitative estimate of drug-likeness (QED) is 0.243. The lowest BCUT2D eigenvalue weighted by Gasteiger charge is -2.17. The molecular weight excluding hydrogens is 372 g/mol. The molecule has 0 aromatic heterocycles. The first-order chi connectivity index (χ1) is 14.0. The van der Waals surface area contributed by atoms with Crippen molar-refractivity contribution in [2.24, 2.45) is 16.5 Å². The van der Waals surface area contributed by atoms with Crippen LogP contribution in [0.5, 0.6) is 0 Å². The number of carbonyl (C=O) groups excluding carboxylic acids is 2. The number of rotatable bonds is 10. The predicted molar refractivity (Wildman–Crippen MR) is 110 cm³/mol. The topological polar surface area (TPSA) is 129 Å². The molecule has 2 aromatic carbocycles. The van der Waals surface area contributed by atoms with E-state index in [1.807, 2.05) is 60.7 Å². The van der Waals surface area contributed by atoms with Gasteiger partial charge in [0.2, 0.25) is 0 Å². The summed E-state index contributed by atoms with van der Waals surface area (Å²) in [5, 5.41) is 2.56. The maximum atomic E-state index is 12.5. The van der Waals surface area contributed by atoms with E-state index in [9.17, 15) is 9.59 Å². The van der Waals surface area contributed by atoms with Crippen molar-refractivity contribution in [1.29, 1.82) is 0 Å². The monoisotopic (exact) mass is 398 g/mol. The number of benzene rings is 2. The summed E-state index contributed by atoms with van der Waals surface area (Å²) in [4.78, 5) is 28.5. The van der Waals surface area contributed by atoms with Crippen LogP contribution >= 0.6 is 0 Å². The highest BCUT2D eigenvalue weighted by Gasteiger charge is 2.23. The predicted octanol–water partition coefficient (Wildman–Crippen LogP) is 2.08. The van der Waals surface area contributed by atoms with E-state index in [1.54, 1.807) is 0 Å². The Morgan fingerprint density at radius 2 is 1.45 bits per heavy atom. The van der Waals surface area contributed by atoms with Crippen LogP contribution < -0.4 is 16.8 Å². The Morgan fingerprint density at radius 1 is 0.897 bits per heavy atom. The van der Waals surface area contributed by atoms with Crippen LogP contribution in [0.15, 0.2) is 65.7 Å². The number of hydrogen-bond donors (Lipinski definition) is 3. The van der Waals surface area contributed by atoms with Crippen LogP contribution in [0, 0.1) is 0 Å².